The van der Waals surface area contributed by atoms with Crippen LogP contribution in [0.15, 0.2) is 64.4 Å². The van der Waals surface area contributed by atoms with E-state index in [-0.39, 0.29) is 12.5 Å². The number of hydrogen-bond donors (Lipinski definition) is 1. The van der Waals surface area contributed by atoms with Crippen LogP contribution in [0.25, 0.3) is 5.69 Å². The number of rotatable bonds is 5. The molecule has 3 aromatic rings. The van der Waals surface area contributed by atoms with Gasteiger partial charge in [-0.1, -0.05) is 31.2 Å². The highest BCUT2D eigenvalue weighted by atomic mass is 16.2. The lowest BCUT2D eigenvalue weighted by molar-refractivity contribution is -0.116. The average Bonchev–Trinajstić information content (AvgIpc) is 2.65. The number of carbonyl (C=O) groups excluding carboxylic acids is 1. The molecule has 1 heterocycles. The lowest BCUT2D eigenvalue weighted by atomic mass is 10.1. The van der Waals surface area contributed by atoms with E-state index < -0.39 is 11.1 Å². The van der Waals surface area contributed by atoms with E-state index in [0.717, 1.165) is 27.7 Å². The number of benzene rings is 2. The summed E-state index contributed by atoms with van der Waals surface area (Å²) in [6, 6.07) is 13.2. The van der Waals surface area contributed by atoms with Gasteiger partial charge in [-0.25, -0.2) is 0 Å². The molecule has 1 aromatic heterocycles. The zero-order valence-electron chi connectivity index (χ0n) is 16.2. The molecule has 1 N–H and O–H groups in total. The number of carbonyl (C=O) groups is 1. The van der Waals surface area contributed by atoms with Gasteiger partial charge >= 0.3 is 11.1 Å². The maximum Gasteiger partial charge on any atom is 0.320 e. The molecule has 0 bridgehead atoms. The van der Waals surface area contributed by atoms with E-state index in [1.54, 1.807) is 0 Å². The summed E-state index contributed by atoms with van der Waals surface area (Å²) in [5.74, 6) is -0.355. The van der Waals surface area contributed by atoms with E-state index in [2.05, 4.69) is 5.32 Å². The van der Waals surface area contributed by atoms with E-state index in [1.165, 1.54) is 17.0 Å². The first-order chi connectivity index (χ1) is 13.4. The second kappa shape index (κ2) is 8.08. The minimum Gasteiger partial charge on any atom is -0.324 e. The molecule has 6 heteroatoms. The molecule has 2 aromatic carbocycles. The molecule has 0 aliphatic rings. The molecule has 0 aliphatic heterocycles. The molecule has 0 fully saturated rings. The van der Waals surface area contributed by atoms with E-state index >= 15 is 0 Å². The van der Waals surface area contributed by atoms with Gasteiger partial charge in [-0.15, -0.1) is 0 Å². The van der Waals surface area contributed by atoms with Gasteiger partial charge in [0, 0.05) is 23.8 Å². The van der Waals surface area contributed by atoms with Gasteiger partial charge in [0.25, 0.3) is 0 Å². The van der Waals surface area contributed by atoms with Crippen LogP contribution in [0.4, 0.5) is 5.69 Å². The van der Waals surface area contributed by atoms with Crippen LogP contribution in [0.1, 0.15) is 23.6 Å². The van der Waals surface area contributed by atoms with Crippen molar-refractivity contribution in [3.8, 4) is 5.69 Å². The van der Waals surface area contributed by atoms with Crippen molar-refractivity contribution < 1.29 is 4.79 Å². The van der Waals surface area contributed by atoms with Crippen molar-refractivity contribution in [2.45, 2.75) is 33.7 Å². The highest BCUT2D eigenvalue weighted by molar-refractivity contribution is 5.91. The monoisotopic (exact) mass is 377 g/mol. The summed E-state index contributed by atoms with van der Waals surface area (Å²) in [6.07, 6.45) is 3.76. The fourth-order valence-corrected chi connectivity index (χ4v) is 3.22. The Morgan fingerprint density at radius 3 is 2.32 bits per heavy atom. The normalized spacial score (nSPS) is 10.7. The van der Waals surface area contributed by atoms with Crippen molar-refractivity contribution >= 4 is 11.6 Å². The van der Waals surface area contributed by atoms with Gasteiger partial charge in [0.1, 0.15) is 6.54 Å². The summed E-state index contributed by atoms with van der Waals surface area (Å²) in [5, 5.41) is 2.81. The van der Waals surface area contributed by atoms with Crippen LogP contribution < -0.4 is 16.4 Å². The molecule has 1 amide bonds. The highest BCUT2D eigenvalue weighted by Crippen LogP contribution is 2.15. The maximum atomic E-state index is 12.6. The summed E-state index contributed by atoms with van der Waals surface area (Å²) in [4.78, 5) is 37.4. The van der Waals surface area contributed by atoms with Crippen LogP contribution in [0.2, 0.25) is 0 Å². The Labute approximate surface area is 163 Å². The number of para-hydroxylation sites is 1. The van der Waals surface area contributed by atoms with Crippen LogP contribution in [0, 0.1) is 13.8 Å². The van der Waals surface area contributed by atoms with Crippen molar-refractivity contribution in [2.24, 2.45) is 0 Å². The third-order valence-electron chi connectivity index (χ3n) is 4.53. The van der Waals surface area contributed by atoms with Gasteiger partial charge in [-0.2, -0.15) is 0 Å². The Kier molecular flexibility index (Phi) is 5.59. The van der Waals surface area contributed by atoms with Gasteiger partial charge in [0.2, 0.25) is 5.91 Å². The Bertz CT molecular complexity index is 1120. The molecular formula is C22H23N3O3. The molecule has 0 radical (unpaired) electrons. The second-order valence-corrected chi connectivity index (χ2v) is 6.81. The molecule has 0 spiro atoms. The minimum atomic E-state index is -0.736. The smallest absolute Gasteiger partial charge is 0.320 e. The maximum absolute atomic E-state index is 12.6. The van der Waals surface area contributed by atoms with Crippen LogP contribution in [0.5, 0.6) is 0 Å². The summed E-state index contributed by atoms with van der Waals surface area (Å²) in [5.41, 5.74) is 2.93. The molecular weight excluding hydrogens is 354 g/mol. The van der Waals surface area contributed by atoms with Gasteiger partial charge in [0.15, 0.2) is 0 Å². The summed E-state index contributed by atoms with van der Waals surface area (Å²) < 4.78 is 2.44. The summed E-state index contributed by atoms with van der Waals surface area (Å²) in [6.45, 7) is 5.64. The first-order valence-electron chi connectivity index (χ1n) is 9.17. The van der Waals surface area contributed by atoms with Crippen molar-refractivity contribution in [1.29, 1.82) is 0 Å². The van der Waals surface area contributed by atoms with Gasteiger partial charge in [-0.3, -0.25) is 23.5 Å². The molecule has 144 valence electrons. The zero-order valence-corrected chi connectivity index (χ0v) is 16.2. The Hall–Kier alpha value is -3.41. The van der Waals surface area contributed by atoms with Crippen molar-refractivity contribution in [3.05, 3.63) is 92.3 Å². The SMILES string of the molecule is CCc1ccccc1NC(=O)Cn1ccn(-c2cc(C)cc(C)c2)c(=O)c1=O. The molecule has 6 nitrogen and oxygen atoms in total. The number of nitrogens with zero attached hydrogens (tertiary/aromatic N) is 2. The molecule has 28 heavy (non-hydrogen) atoms. The largest absolute Gasteiger partial charge is 0.324 e. The first-order valence-corrected chi connectivity index (χ1v) is 9.17. The van der Waals surface area contributed by atoms with E-state index in [0.29, 0.717) is 11.4 Å². The number of nitrogens with one attached hydrogen (secondary N) is 1. The Morgan fingerprint density at radius 2 is 1.64 bits per heavy atom. The molecule has 3 rings (SSSR count). The third kappa shape index (κ3) is 4.11. The predicted octanol–water partition coefficient (Wildman–Crippen LogP) is 2.82. The van der Waals surface area contributed by atoms with Crippen molar-refractivity contribution in [2.75, 3.05) is 5.32 Å². The zero-order chi connectivity index (χ0) is 20.3. The van der Waals surface area contributed by atoms with Crippen LogP contribution in [0.3, 0.4) is 0 Å². The Balaban J connectivity index is 1.86. The quantitative estimate of drug-likeness (QED) is 0.695. The summed E-state index contributed by atoms with van der Waals surface area (Å²) >= 11 is 0. The topological polar surface area (TPSA) is 73.1 Å². The fraction of sp³-hybridized carbons (Fsp3) is 0.227. The minimum absolute atomic E-state index is 0.222. The van der Waals surface area contributed by atoms with Gasteiger partial charge < -0.3 is 5.32 Å². The molecule has 0 unspecified atom stereocenters. The van der Waals surface area contributed by atoms with Gasteiger partial charge in [0.05, 0.1) is 0 Å². The lowest BCUT2D eigenvalue weighted by Gasteiger charge is -2.12. The number of amides is 1. The highest BCUT2D eigenvalue weighted by Gasteiger charge is 2.11. The number of aryl methyl sites for hydroxylation is 3. The standard InChI is InChI=1S/C22H23N3O3/c1-4-17-7-5-6-8-19(17)23-20(26)14-24-9-10-25(22(28)21(24)27)18-12-15(2)11-16(3)13-18/h5-13H,4,14H2,1-3H3,(H,23,26). The molecule has 0 saturated heterocycles. The van der Waals surface area contributed by atoms with E-state index in [1.807, 2.05) is 63.2 Å². The van der Waals surface area contributed by atoms with Crippen molar-refractivity contribution in [3.63, 3.8) is 0 Å². The van der Waals surface area contributed by atoms with E-state index in [9.17, 15) is 14.4 Å². The third-order valence-corrected chi connectivity index (χ3v) is 4.53. The number of anilines is 1. The predicted molar refractivity (Wildman–Crippen MR) is 110 cm³/mol. The number of hydrogen-bond acceptors (Lipinski definition) is 3. The van der Waals surface area contributed by atoms with Gasteiger partial charge in [-0.05, 0) is 55.2 Å². The number of aromatic nitrogens is 2. The van der Waals surface area contributed by atoms with Crippen molar-refractivity contribution in [1.82, 2.24) is 9.13 Å². The van der Waals surface area contributed by atoms with E-state index in [4.69, 9.17) is 0 Å². The molecule has 0 saturated carbocycles. The Morgan fingerprint density at radius 1 is 0.964 bits per heavy atom. The molecule has 0 aliphatic carbocycles. The van der Waals surface area contributed by atoms with Crippen LogP contribution in [-0.2, 0) is 17.8 Å². The van der Waals surface area contributed by atoms with Crippen LogP contribution >= 0.6 is 0 Å². The second-order valence-electron chi connectivity index (χ2n) is 6.81. The fourth-order valence-electron chi connectivity index (χ4n) is 3.22. The lowest BCUT2D eigenvalue weighted by Crippen LogP contribution is -2.41. The average molecular weight is 377 g/mol. The summed E-state index contributed by atoms with van der Waals surface area (Å²) in [7, 11) is 0. The van der Waals surface area contributed by atoms with Crippen LogP contribution in [-0.4, -0.2) is 15.0 Å². The molecule has 0 atom stereocenters. The first kappa shape index (κ1) is 19.4.